The van der Waals surface area contributed by atoms with E-state index in [0.29, 0.717) is 12.6 Å². The number of fused-ring (bicyclic) bond motifs is 5. The maximum Gasteiger partial charge on any atom is 0.263 e. The van der Waals surface area contributed by atoms with E-state index >= 15 is 0 Å². The zero-order valence-electron chi connectivity index (χ0n) is 21.4. The molecule has 1 saturated heterocycles. The topological polar surface area (TPSA) is 93.5 Å². The molecule has 2 aliphatic heterocycles. The number of pyridine rings is 1. The first-order chi connectivity index (χ1) is 18.0. The summed E-state index contributed by atoms with van der Waals surface area (Å²) in [5.74, 6) is -0.0121. The standard InChI is InChI=1S/C27H32N6O3S/c1-16-12-28-25-24-19-4-5-20(31-21(19)6-7-22(24)37-26(25)27(34)30-16)17-13-29-33(14-17)18-8-10-32(11-9-18)15-23(35-2)36-3/h4-7,13-14,16,18,23,28H,8-12,15H2,1-3H3,(H,30,34)/t16-/m1/s1. The van der Waals surface area contributed by atoms with Crippen LogP contribution < -0.4 is 10.6 Å². The Hall–Kier alpha value is -3.05. The number of likely N-dealkylation sites (tertiary alicyclic amines) is 1. The van der Waals surface area contributed by atoms with E-state index < -0.39 is 0 Å². The monoisotopic (exact) mass is 520 g/mol. The van der Waals surface area contributed by atoms with Gasteiger partial charge in [0.15, 0.2) is 6.29 Å². The van der Waals surface area contributed by atoms with Gasteiger partial charge in [0.1, 0.15) is 4.88 Å². The Morgan fingerprint density at radius 2 is 1.97 bits per heavy atom. The van der Waals surface area contributed by atoms with Gasteiger partial charge in [0.2, 0.25) is 0 Å². The number of carbonyl (C=O) groups excluding carboxylic acids is 1. The van der Waals surface area contributed by atoms with Gasteiger partial charge in [0, 0.05) is 73.7 Å². The molecule has 0 saturated carbocycles. The molecule has 9 nitrogen and oxygen atoms in total. The minimum atomic E-state index is -0.186. The summed E-state index contributed by atoms with van der Waals surface area (Å²) < 4.78 is 13.9. The molecular formula is C27H32N6O3S. The maximum atomic E-state index is 12.7. The molecule has 2 aliphatic rings. The Kier molecular flexibility index (Phi) is 6.58. The molecule has 37 heavy (non-hydrogen) atoms. The van der Waals surface area contributed by atoms with E-state index in [-0.39, 0.29) is 18.2 Å². The number of anilines is 1. The van der Waals surface area contributed by atoms with Crippen molar-refractivity contribution in [2.24, 2.45) is 0 Å². The lowest BCUT2D eigenvalue weighted by Crippen LogP contribution is -2.40. The van der Waals surface area contributed by atoms with Gasteiger partial charge in [-0.1, -0.05) is 0 Å². The number of benzene rings is 1. The average Bonchev–Trinajstić information content (AvgIpc) is 3.53. The molecule has 10 heteroatoms. The molecule has 1 amide bonds. The predicted octanol–water partition coefficient (Wildman–Crippen LogP) is 4.11. The number of amides is 1. The quantitative estimate of drug-likeness (QED) is 0.370. The number of nitrogens with zero attached hydrogens (tertiary/aromatic N) is 4. The summed E-state index contributed by atoms with van der Waals surface area (Å²) in [6.07, 6.45) is 5.91. The number of thiophene rings is 1. The largest absolute Gasteiger partial charge is 0.381 e. The maximum absolute atomic E-state index is 12.7. The number of hydrogen-bond acceptors (Lipinski definition) is 8. The van der Waals surface area contributed by atoms with Gasteiger partial charge in [0.25, 0.3) is 5.91 Å². The summed E-state index contributed by atoms with van der Waals surface area (Å²) in [5, 5.41) is 13.4. The number of nitrogens with one attached hydrogen (secondary N) is 2. The van der Waals surface area contributed by atoms with E-state index in [9.17, 15) is 4.79 Å². The average molecular weight is 521 g/mol. The normalized spacial score (nSPS) is 19.2. The van der Waals surface area contributed by atoms with Gasteiger partial charge in [0.05, 0.1) is 29.1 Å². The van der Waals surface area contributed by atoms with Gasteiger partial charge in [-0.25, -0.2) is 4.98 Å². The minimum Gasteiger partial charge on any atom is -0.381 e. The van der Waals surface area contributed by atoms with Crippen LogP contribution in [0.2, 0.25) is 0 Å². The summed E-state index contributed by atoms with van der Waals surface area (Å²) in [4.78, 5) is 20.8. The van der Waals surface area contributed by atoms with Crippen LogP contribution in [0.3, 0.4) is 0 Å². The molecule has 1 aromatic carbocycles. The van der Waals surface area contributed by atoms with Gasteiger partial charge in [-0.15, -0.1) is 11.3 Å². The van der Waals surface area contributed by atoms with Crippen LogP contribution in [0.5, 0.6) is 0 Å². The van der Waals surface area contributed by atoms with E-state index in [1.807, 2.05) is 19.2 Å². The van der Waals surface area contributed by atoms with Crippen molar-refractivity contribution in [3.63, 3.8) is 0 Å². The van der Waals surface area contributed by atoms with Crippen LogP contribution in [-0.4, -0.2) is 78.3 Å². The highest BCUT2D eigenvalue weighted by Crippen LogP contribution is 2.41. The zero-order valence-corrected chi connectivity index (χ0v) is 22.2. The summed E-state index contributed by atoms with van der Waals surface area (Å²) >= 11 is 1.53. The van der Waals surface area contributed by atoms with E-state index in [4.69, 9.17) is 19.6 Å². The second-order valence-corrected chi connectivity index (χ2v) is 11.0. The van der Waals surface area contributed by atoms with Crippen LogP contribution in [0.1, 0.15) is 35.5 Å². The minimum absolute atomic E-state index is 0.0121. The third-order valence-electron chi connectivity index (χ3n) is 7.45. The van der Waals surface area contributed by atoms with Gasteiger partial charge < -0.3 is 20.1 Å². The highest BCUT2D eigenvalue weighted by atomic mass is 32.1. The number of piperidine rings is 1. The Morgan fingerprint density at radius 1 is 1.16 bits per heavy atom. The fraction of sp³-hybridized carbons (Fsp3) is 0.444. The number of ether oxygens (including phenoxy) is 2. The SMILES string of the molecule is COC(CN1CCC(n2cc(-c3ccc4c(ccc5sc6c(c54)NC[C@@H](C)NC6=O)n3)cn2)CC1)OC. The summed E-state index contributed by atoms with van der Waals surface area (Å²) in [6.45, 7) is 5.47. The first-order valence-corrected chi connectivity index (χ1v) is 13.6. The number of rotatable bonds is 6. The van der Waals surface area contributed by atoms with Crippen LogP contribution in [0, 0.1) is 0 Å². The van der Waals surface area contributed by atoms with Crippen LogP contribution in [-0.2, 0) is 9.47 Å². The molecule has 1 fully saturated rings. The Morgan fingerprint density at radius 3 is 2.76 bits per heavy atom. The summed E-state index contributed by atoms with van der Waals surface area (Å²) in [7, 11) is 3.36. The molecule has 6 rings (SSSR count). The predicted molar refractivity (Wildman–Crippen MR) is 146 cm³/mol. The molecule has 0 unspecified atom stereocenters. The zero-order chi connectivity index (χ0) is 25.5. The number of carbonyl (C=O) groups is 1. The van der Waals surface area contributed by atoms with E-state index in [1.165, 1.54) is 11.3 Å². The van der Waals surface area contributed by atoms with Gasteiger partial charge in [-0.2, -0.15) is 5.10 Å². The molecule has 194 valence electrons. The molecule has 0 bridgehead atoms. The van der Waals surface area contributed by atoms with Crippen LogP contribution in [0.4, 0.5) is 5.69 Å². The van der Waals surface area contributed by atoms with E-state index in [1.54, 1.807) is 14.2 Å². The highest BCUT2D eigenvalue weighted by molar-refractivity contribution is 7.21. The first-order valence-electron chi connectivity index (χ1n) is 12.8. The van der Waals surface area contributed by atoms with Crippen LogP contribution in [0.25, 0.3) is 32.2 Å². The molecule has 3 aromatic heterocycles. The van der Waals surface area contributed by atoms with Crippen molar-refractivity contribution in [3.8, 4) is 11.3 Å². The summed E-state index contributed by atoms with van der Waals surface area (Å²) in [6, 6.07) is 8.75. The lowest BCUT2D eigenvalue weighted by atomic mass is 10.1. The number of aromatic nitrogens is 3. The van der Waals surface area contributed by atoms with E-state index in [2.05, 4.69) is 44.6 Å². The van der Waals surface area contributed by atoms with Crippen molar-refractivity contribution in [1.29, 1.82) is 0 Å². The molecule has 5 heterocycles. The molecule has 4 aromatic rings. The Bertz CT molecular complexity index is 1440. The van der Waals surface area contributed by atoms with Crippen molar-refractivity contribution in [2.45, 2.75) is 38.1 Å². The third-order valence-corrected chi connectivity index (χ3v) is 8.61. The Balaban J connectivity index is 1.23. The molecule has 0 spiro atoms. The number of methoxy groups -OCH3 is 2. The smallest absolute Gasteiger partial charge is 0.263 e. The fourth-order valence-electron chi connectivity index (χ4n) is 5.38. The van der Waals surface area contributed by atoms with Crippen molar-refractivity contribution >= 4 is 43.9 Å². The molecule has 0 aliphatic carbocycles. The Labute approximate surface area is 219 Å². The van der Waals surface area contributed by atoms with Crippen LogP contribution >= 0.6 is 11.3 Å². The van der Waals surface area contributed by atoms with Crippen molar-refractivity contribution < 1.29 is 14.3 Å². The molecule has 1 atom stereocenters. The molecular weight excluding hydrogens is 488 g/mol. The number of hydrogen-bond donors (Lipinski definition) is 2. The lowest BCUT2D eigenvalue weighted by molar-refractivity contribution is -0.118. The van der Waals surface area contributed by atoms with Crippen LogP contribution in [0.15, 0.2) is 36.7 Å². The molecule has 2 N–H and O–H groups in total. The van der Waals surface area contributed by atoms with Gasteiger partial charge >= 0.3 is 0 Å². The first kappa shape index (κ1) is 24.3. The van der Waals surface area contributed by atoms with Gasteiger partial charge in [-0.3, -0.25) is 14.4 Å². The second kappa shape index (κ2) is 10.0. The van der Waals surface area contributed by atoms with Gasteiger partial charge in [-0.05, 0) is 44.0 Å². The lowest BCUT2D eigenvalue weighted by Gasteiger charge is -2.33. The second-order valence-electron chi connectivity index (χ2n) is 9.91. The third kappa shape index (κ3) is 4.59. The molecule has 0 radical (unpaired) electrons. The van der Waals surface area contributed by atoms with Crippen molar-refractivity contribution in [1.82, 2.24) is 25.0 Å². The van der Waals surface area contributed by atoms with Crippen molar-refractivity contribution in [2.75, 3.05) is 45.7 Å². The highest BCUT2D eigenvalue weighted by Gasteiger charge is 2.26. The van der Waals surface area contributed by atoms with E-state index in [0.717, 1.165) is 75.3 Å². The fourth-order valence-corrected chi connectivity index (χ4v) is 6.48. The van der Waals surface area contributed by atoms with Crippen molar-refractivity contribution in [3.05, 3.63) is 41.5 Å². The summed E-state index contributed by atoms with van der Waals surface area (Å²) in [5.41, 5.74) is 3.75.